The van der Waals surface area contributed by atoms with Gasteiger partial charge in [0.15, 0.2) is 5.78 Å². The molecule has 2 N–H and O–H groups in total. The van der Waals surface area contributed by atoms with Crippen LogP contribution in [0.2, 0.25) is 0 Å². The van der Waals surface area contributed by atoms with Crippen LogP contribution in [0.4, 0.5) is 9.59 Å². The standard InChI is InChI=1S/C35H46N4O9S/c1-3-24-17-35(24,32(42)37-49(45,46)26-13-14-26)18-30(40)29-16-25-20-39(29)31(41)28(4-2)36-33(43)47-15-8-6-5-7-10-22-11-9-12-23-19-38(21-27(22)23)34(44)48-25/h3,9,11-12,24-26,28-29H,1,4-8,10,13-21H2,2H3,(H,36,43)(H,37,42)/t24-,25-,28+,29+,35-/m1/s1. The minimum Gasteiger partial charge on any atom is -0.450 e. The van der Waals surface area contributed by atoms with Gasteiger partial charge in [0.05, 0.1) is 29.9 Å². The zero-order valence-corrected chi connectivity index (χ0v) is 28.8. The fourth-order valence-electron chi connectivity index (χ4n) is 7.47. The van der Waals surface area contributed by atoms with Gasteiger partial charge in [0.2, 0.25) is 21.8 Å². The molecule has 0 spiro atoms. The van der Waals surface area contributed by atoms with Gasteiger partial charge in [-0.05, 0) is 67.6 Å². The van der Waals surface area contributed by atoms with E-state index in [-0.39, 0.29) is 38.8 Å². The number of benzene rings is 1. The Morgan fingerprint density at radius 1 is 1.10 bits per heavy atom. The first-order valence-electron chi connectivity index (χ1n) is 17.5. The summed E-state index contributed by atoms with van der Waals surface area (Å²) in [7, 11) is -3.85. The summed E-state index contributed by atoms with van der Waals surface area (Å²) in [6.07, 6.45) is 4.86. The lowest BCUT2D eigenvalue weighted by Gasteiger charge is -2.28. The number of aryl methyl sites for hydroxylation is 1. The van der Waals surface area contributed by atoms with Crippen molar-refractivity contribution in [2.24, 2.45) is 11.3 Å². The van der Waals surface area contributed by atoms with Gasteiger partial charge >= 0.3 is 12.2 Å². The molecule has 3 aliphatic heterocycles. The molecule has 6 rings (SSSR count). The predicted molar refractivity (Wildman–Crippen MR) is 177 cm³/mol. The molecule has 4 amide bonds. The third-order valence-electron chi connectivity index (χ3n) is 10.7. The van der Waals surface area contributed by atoms with Crippen molar-refractivity contribution in [3.8, 4) is 0 Å². The molecule has 1 saturated heterocycles. The number of carbonyl (C=O) groups is 5. The summed E-state index contributed by atoms with van der Waals surface area (Å²) in [5, 5.41) is 2.02. The maximum atomic E-state index is 14.1. The number of hydrogen-bond donors (Lipinski definition) is 2. The Hall–Kier alpha value is -3.94. The minimum absolute atomic E-state index is 0.0000597. The summed E-state index contributed by atoms with van der Waals surface area (Å²) in [5.74, 6) is -2.15. The van der Waals surface area contributed by atoms with Crippen molar-refractivity contribution in [3.63, 3.8) is 0 Å². The third kappa shape index (κ3) is 7.48. The summed E-state index contributed by atoms with van der Waals surface area (Å²) in [6, 6.07) is 4.02. The van der Waals surface area contributed by atoms with Crippen LogP contribution in [0.15, 0.2) is 30.9 Å². The second-order valence-corrected chi connectivity index (χ2v) is 16.0. The van der Waals surface area contributed by atoms with Gasteiger partial charge in [0, 0.05) is 25.9 Å². The lowest BCUT2D eigenvalue weighted by molar-refractivity contribution is -0.140. The number of amides is 4. The van der Waals surface area contributed by atoms with E-state index in [0.717, 1.165) is 36.8 Å². The van der Waals surface area contributed by atoms with Gasteiger partial charge in [-0.1, -0.05) is 44.0 Å². The Morgan fingerprint density at radius 2 is 1.86 bits per heavy atom. The van der Waals surface area contributed by atoms with Crippen molar-refractivity contribution in [2.75, 3.05) is 13.2 Å². The molecule has 49 heavy (non-hydrogen) atoms. The number of ether oxygens (including phenoxy) is 2. The predicted octanol–water partition coefficient (Wildman–Crippen LogP) is 3.49. The van der Waals surface area contributed by atoms with Crippen molar-refractivity contribution in [2.45, 2.75) is 114 Å². The van der Waals surface area contributed by atoms with E-state index in [4.69, 9.17) is 9.47 Å². The Labute approximate surface area is 287 Å². The smallest absolute Gasteiger partial charge is 0.410 e. The summed E-state index contributed by atoms with van der Waals surface area (Å²) in [6.45, 7) is 6.43. The molecule has 2 aliphatic carbocycles. The number of alkyl carbamates (subject to hydrolysis) is 1. The van der Waals surface area contributed by atoms with Crippen LogP contribution in [0, 0.1) is 11.3 Å². The summed E-state index contributed by atoms with van der Waals surface area (Å²) in [5.41, 5.74) is 2.06. The molecular formula is C35H46N4O9S. The maximum absolute atomic E-state index is 14.1. The molecule has 266 valence electrons. The average molecular weight is 699 g/mol. The number of carbonyl (C=O) groups excluding carboxylic acids is 5. The molecule has 5 atom stereocenters. The number of sulfonamides is 1. The second-order valence-electron chi connectivity index (χ2n) is 14.1. The van der Waals surface area contributed by atoms with Crippen molar-refractivity contribution in [3.05, 3.63) is 47.5 Å². The minimum atomic E-state index is -3.85. The number of Topliss-reactive ketones (excluding diaryl/α,β-unsaturated/α-hetero) is 1. The molecule has 1 aromatic rings. The Kier molecular flexibility index (Phi) is 10.1. The van der Waals surface area contributed by atoms with Gasteiger partial charge in [-0.3, -0.25) is 24.0 Å². The number of nitrogens with zero attached hydrogens (tertiary/aromatic N) is 2. The molecule has 14 heteroatoms. The zero-order valence-electron chi connectivity index (χ0n) is 28.0. The Balaban J connectivity index is 1.23. The van der Waals surface area contributed by atoms with Crippen LogP contribution < -0.4 is 10.0 Å². The number of allylic oxidation sites excluding steroid dienone is 1. The van der Waals surface area contributed by atoms with Gasteiger partial charge in [0.1, 0.15) is 12.1 Å². The number of cyclic esters (lactones) is 1. The Bertz CT molecular complexity index is 1630. The number of hydrogen-bond acceptors (Lipinski definition) is 9. The van der Waals surface area contributed by atoms with E-state index in [0.29, 0.717) is 32.4 Å². The van der Waals surface area contributed by atoms with Crippen LogP contribution in [0.3, 0.4) is 0 Å². The number of ketones is 1. The first-order valence-corrected chi connectivity index (χ1v) is 19.0. The maximum Gasteiger partial charge on any atom is 0.410 e. The molecule has 2 saturated carbocycles. The SMILES string of the molecule is C=C[C@@H]1C[C@]1(CC(=O)[C@@H]1C[C@@H]2CN1C(=O)[C@H](CC)NC(=O)OCCCCCCc1cccc3c1CN(C3)C(=O)O2)C(=O)NS(=O)(=O)C1CC1. The number of nitrogens with one attached hydrogen (secondary N) is 2. The van der Waals surface area contributed by atoms with Gasteiger partial charge in [0.25, 0.3) is 0 Å². The fraction of sp³-hybridized carbons (Fsp3) is 0.629. The molecule has 0 unspecified atom stereocenters. The molecule has 3 heterocycles. The summed E-state index contributed by atoms with van der Waals surface area (Å²) >= 11 is 0. The highest BCUT2D eigenvalue weighted by Crippen LogP contribution is 2.57. The molecule has 4 bridgehead atoms. The van der Waals surface area contributed by atoms with Crippen LogP contribution in [0.25, 0.3) is 0 Å². The van der Waals surface area contributed by atoms with Crippen molar-refractivity contribution in [1.82, 2.24) is 19.8 Å². The molecular weight excluding hydrogens is 652 g/mol. The zero-order chi connectivity index (χ0) is 34.9. The summed E-state index contributed by atoms with van der Waals surface area (Å²) < 4.78 is 38.7. The first kappa shape index (κ1) is 34.9. The molecule has 3 fully saturated rings. The first-order chi connectivity index (χ1) is 23.5. The second kappa shape index (κ2) is 14.1. The van der Waals surface area contributed by atoms with Crippen molar-refractivity contribution >= 4 is 39.8 Å². The highest BCUT2D eigenvalue weighted by Gasteiger charge is 2.61. The monoisotopic (exact) mass is 698 g/mol. The van der Waals surface area contributed by atoms with Crippen LogP contribution >= 0.6 is 0 Å². The fourth-order valence-corrected chi connectivity index (χ4v) is 8.86. The van der Waals surface area contributed by atoms with Crippen molar-refractivity contribution in [1.29, 1.82) is 0 Å². The largest absolute Gasteiger partial charge is 0.450 e. The lowest BCUT2D eigenvalue weighted by Crippen LogP contribution is -2.52. The van der Waals surface area contributed by atoms with Gasteiger partial charge < -0.3 is 19.7 Å². The van der Waals surface area contributed by atoms with Crippen LogP contribution in [0.1, 0.15) is 87.8 Å². The van der Waals surface area contributed by atoms with E-state index in [2.05, 4.69) is 22.7 Å². The van der Waals surface area contributed by atoms with Gasteiger partial charge in [-0.25, -0.2) is 18.0 Å². The highest BCUT2D eigenvalue weighted by molar-refractivity contribution is 7.90. The topological polar surface area (TPSA) is 168 Å². The van der Waals surface area contributed by atoms with Gasteiger partial charge in [-0.2, -0.15) is 0 Å². The highest BCUT2D eigenvalue weighted by atomic mass is 32.2. The Morgan fingerprint density at radius 3 is 2.57 bits per heavy atom. The van der Waals surface area contributed by atoms with E-state index >= 15 is 0 Å². The number of fused-ring (bicyclic) bond motifs is 3. The van der Waals surface area contributed by atoms with E-state index < -0.39 is 74.6 Å². The lowest BCUT2D eigenvalue weighted by atomic mass is 9.91. The van der Waals surface area contributed by atoms with E-state index in [1.165, 1.54) is 10.5 Å². The van der Waals surface area contributed by atoms with E-state index in [1.807, 2.05) is 12.1 Å². The quantitative estimate of drug-likeness (QED) is 0.386. The molecule has 13 nitrogen and oxygen atoms in total. The van der Waals surface area contributed by atoms with Crippen LogP contribution in [-0.2, 0) is 53.4 Å². The normalized spacial score (nSPS) is 29.4. The van der Waals surface area contributed by atoms with Gasteiger partial charge in [-0.15, -0.1) is 6.58 Å². The molecule has 5 aliphatic rings. The van der Waals surface area contributed by atoms with Crippen LogP contribution in [0.5, 0.6) is 0 Å². The molecule has 1 aromatic carbocycles. The number of rotatable bonds is 8. The molecule has 0 radical (unpaired) electrons. The van der Waals surface area contributed by atoms with Crippen LogP contribution in [-0.4, -0.2) is 84.6 Å². The van der Waals surface area contributed by atoms with E-state index in [1.54, 1.807) is 17.9 Å². The van der Waals surface area contributed by atoms with E-state index in [9.17, 15) is 32.4 Å². The third-order valence-corrected chi connectivity index (χ3v) is 12.5. The molecule has 0 aromatic heterocycles. The van der Waals surface area contributed by atoms with Crippen molar-refractivity contribution < 1.29 is 41.9 Å². The summed E-state index contributed by atoms with van der Waals surface area (Å²) in [4.78, 5) is 70.6. The average Bonchev–Trinajstić information content (AvgIpc) is 3.96.